The minimum atomic E-state index is -0.149. The van der Waals surface area contributed by atoms with Gasteiger partial charge in [-0.2, -0.15) is 0 Å². The quantitative estimate of drug-likeness (QED) is 0.847. The number of rotatable bonds is 3. The second-order valence-corrected chi connectivity index (χ2v) is 4.05. The molecule has 0 amide bonds. The minimum absolute atomic E-state index is 0.149. The SMILES string of the molecule is CCC1(CC)N=C(CN)Oc2ccccc21. The van der Waals surface area contributed by atoms with Gasteiger partial charge in [0, 0.05) is 5.56 Å². The van der Waals surface area contributed by atoms with Crippen LogP contribution in [-0.2, 0) is 5.54 Å². The highest BCUT2D eigenvalue weighted by molar-refractivity contribution is 5.83. The van der Waals surface area contributed by atoms with Crippen LogP contribution in [0.4, 0.5) is 0 Å². The first-order chi connectivity index (χ1) is 7.75. The highest BCUT2D eigenvalue weighted by Crippen LogP contribution is 2.41. The smallest absolute Gasteiger partial charge is 0.204 e. The summed E-state index contributed by atoms with van der Waals surface area (Å²) in [5.41, 5.74) is 6.66. The molecule has 1 aromatic carbocycles. The summed E-state index contributed by atoms with van der Waals surface area (Å²) in [5.74, 6) is 1.55. The molecule has 0 spiro atoms. The van der Waals surface area contributed by atoms with Crippen molar-refractivity contribution < 1.29 is 4.74 Å². The topological polar surface area (TPSA) is 47.6 Å². The van der Waals surface area contributed by atoms with Gasteiger partial charge in [-0.25, -0.2) is 4.99 Å². The number of hydrogen-bond donors (Lipinski definition) is 1. The molecular formula is C13H18N2O. The zero-order valence-corrected chi connectivity index (χ0v) is 9.86. The van der Waals surface area contributed by atoms with Gasteiger partial charge in [0.1, 0.15) is 5.75 Å². The lowest BCUT2D eigenvalue weighted by molar-refractivity contribution is 0.360. The zero-order chi connectivity index (χ0) is 11.6. The molecule has 16 heavy (non-hydrogen) atoms. The summed E-state index contributed by atoms with van der Waals surface area (Å²) in [6.07, 6.45) is 1.93. The fourth-order valence-electron chi connectivity index (χ4n) is 2.27. The van der Waals surface area contributed by atoms with E-state index < -0.39 is 0 Å². The largest absolute Gasteiger partial charge is 0.442 e. The second-order valence-electron chi connectivity index (χ2n) is 4.05. The van der Waals surface area contributed by atoms with E-state index in [1.54, 1.807) is 0 Å². The Morgan fingerprint density at radius 2 is 1.94 bits per heavy atom. The maximum absolute atomic E-state index is 5.67. The van der Waals surface area contributed by atoms with E-state index in [1.807, 2.05) is 18.2 Å². The van der Waals surface area contributed by atoms with Crippen molar-refractivity contribution in [2.24, 2.45) is 10.7 Å². The first-order valence-corrected chi connectivity index (χ1v) is 5.82. The molecule has 2 N–H and O–H groups in total. The number of fused-ring (bicyclic) bond motifs is 1. The van der Waals surface area contributed by atoms with Gasteiger partial charge in [0.15, 0.2) is 0 Å². The van der Waals surface area contributed by atoms with Gasteiger partial charge in [0.05, 0.1) is 12.1 Å². The van der Waals surface area contributed by atoms with Gasteiger partial charge in [-0.1, -0.05) is 32.0 Å². The van der Waals surface area contributed by atoms with Crippen LogP contribution in [0.1, 0.15) is 32.3 Å². The van der Waals surface area contributed by atoms with Crippen molar-refractivity contribution in [3.8, 4) is 5.75 Å². The normalized spacial score (nSPS) is 17.3. The van der Waals surface area contributed by atoms with E-state index in [0.717, 1.165) is 18.6 Å². The van der Waals surface area contributed by atoms with Gasteiger partial charge in [0.2, 0.25) is 5.90 Å². The highest BCUT2D eigenvalue weighted by atomic mass is 16.5. The number of ether oxygens (including phenoxy) is 1. The average molecular weight is 218 g/mol. The lowest BCUT2D eigenvalue weighted by atomic mass is 9.84. The Labute approximate surface area is 96.3 Å². The van der Waals surface area contributed by atoms with Crippen LogP contribution in [-0.4, -0.2) is 12.4 Å². The van der Waals surface area contributed by atoms with E-state index in [1.165, 1.54) is 5.56 Å². The summed E-state index contributed by atoms with van der Waals surface area (Å²) in [5, 5.41) is 0. The molecule has 3 nitrogen and oxygen atoms in total. The lowest BCUT2D eigenvalue weighted by Crippen LogP contribution is -2.34. The average Bonchev–Trinajstić information content (AvgIpc) is 2.37. The number of aliphatic imine (C=N–C) groups is 1. The van der Waals surface area contributed by atoms with Crippen LogP contribution in [0.15, 0.2) is 29.3 Å². The Hall–Kier alpha value is -1.35. The molecule has 0 saturated carbocycles. The van der Waals surface area contributed by atoms with E-state index in [0.29, 0.717) is 12.4 Å². The van der Waals surface area contributed by atoms with Gasteiger partial charge >= 0.3 is 0 Å². The van der Waals surface area contributed by atoms with Crippen molar-refractivity contribution in [1.29, 1.82) is 0 Å². The van der Waals surface area contributed by atoms with E-state index in [2.05, 4.69) is 24.9 Å². The van der Waals surface area contributed by atoms with E-state index >= 15 is 0 Å². The first kappa shape index (κ1) is 11.1. The van der Waals surface area contributed by atoms with Crippen molar-refractivity contribution >= 4 is 5.90 Å². The molecular weight excluding hydrogens is 200 g/mol. The lowest BCUT2D eigenvalue weighted by Gasteiger charge is -2.34. The van der Waals surface area contributed by atoms with Crippen LogP contribution < -0.4 is 10.5 Å². The van der Waals surface area contributed by atoms with Gasteiger partial charge in [0.25, 0.3) is 0 Å². The van der Waals surface area contributed by atoms with E-state index in [9.17, 15) is 0 Å². The van der Waals surface area contributed by atoms with Crippen LogP contribution in [0.2, 0.25) is 0 Å². The number of para-hydroxylation sites is 1. The fraction of sp³-hybridized carbons (Fsp3) is 0.462. The van der Waals surface area contributed by atoms with Crippen molar-refractivity contribution in [2.75, 3.05) is 6.54 Å². The third-order valence-corrected chi connectivity index (χ3v) is 3.30. The molecule has 0 aliphatic carbocycles. The molecule has 0 atom stereocenters. The minimum Gasteiger partial charge on any atom is -0.442 e. The predicted octanol–water partition coefficient (Wildman–Crippen LogP) is 2.45. The summed E-state index contributed by atoms with van der Waals surface area (Å²) in [4.78, 5) is 4.68. The van der Waals surface area contributed by atoms with Crippen LogP contribution in [0.3, 0.4) is 0 Å². The summed E-state index contributed by atoms with van der Waals surface area (Å²) in [7, 11) is 0. The van der Waals surface area contributed by atoms with Crippen LogP contribution in [0.25, 0.3) is 0 Å². The molecule has 1 aliphatic rings. The highest BCUT2D eigenvalue weighted by Gasteiger charge is 2.34. The first-order valence-electron chi connectivity index (χ1n) is 5.82. The maximum Gasteiger partial charge on any atom is 0.204 e. The number of nitrogens with two attached hydrogens (primary N) is 1. The molecule has 86 valence electrons. The summed E-state index contributed by atoms with van der Waals surface area (Å²) in [6, 6.07) is 8.10. The predicted molar refractivity (Wildman–Crippen MR) is 65.8 cm³/mol. The van der Waals surface area contributed by atoms with Crippen molar-refractivity contribution in [3.63, 3.8) is 0 Å². The summed E-state index contributed by atoms with van der Waals surface area (Å²) in [6.45, 7) is 4.67. The van der Waals surface area contributed by atoms with Gasteiger partial charge < -0.3 is 10.5 Å². The van der Waals surface area contributed by atoms with Gasteiger partial charge in [-0.15, -0.1) is 0 Å². The molecule has 0 saturated heterocycles. The maximum atomic E-state index is 5.67. The van der Waals surface area contributed by atoms with Crippen molar-refractivity contribution in [1.82, 2.24) is 0 Å². The Balaban J connectivity index is 2.55. The molecule has 0 bridgehead atoms. The monoisotopic (exact) mass is 218 g/mol. The molecule has 1 heterocycles. The Morgan fingerprint density at radius 1 is 1.25 bits per heavy atom. The molecule has 0 aromatic heterocycles. The summed E-state index contributed by atoms with van der Waals surface area (Å²) >= 11 is 0. The Kier molecular flexibility index (Phi) is 2.97. The third-order valence-electron chi connectivity index (χ3n) is 3.30. The standard InChI is InChI=1S/C13H18N2O/c1-3-13(4-2)10-7-5-6-8-11(10)16-12(9-14)15-13/h5-8H,3-4,9,14H2,1-2H3. The van der Waals surface area contributed by atoms with Gasteiger partial charge in [-0.05, 0) is 18.9 Å². The van der Waals surface area contributed by atoms with Gasteiger partial charge in [-0.3, -0.25) is 0 Å². The summed E-state index contributed by atoms with van der Waals surface area (Å²) < 4.78 is 5.67. The molecule has 3 heteroatoms. The second kappa shape index (κ2) is 4.26. The Bertz CT molecular complexity index is 408. The van der Waals surface area contributed by atoms with Crippen molar-refractivity contribution in [2.45, 2.75) is 32.2 Å². The van der Waals surface area contributed by atoms with Crippen LogP contribution >= 0.6 is 0 Å². The Morgan fingerprint density at radius 3 is 2.56 bits per heavy atom. The number of nitrogens with zero attached hydrogens (tertiary/aromatic N) is 1. The van der Waals surface area contributed by atoms with E-state index in [-0.39, 0.29) is 5.54 Å². The molecule has 0 unspecified atom stereocenters. The number of hydrogen-bond acceptors (Lipinski definition) is 3. The molecule has 0 radical (unpaired) electrons. The van der Waals surface area contributed by atoms with Crippen LogP contribution in [0.5, 0.6) is 5.75 Å². The molecule has 1 aromatic rings. The molecule has 0 fully saturated rings. The van der Waals surface area contributed by atoms with Crippen LogP contribution in [0, 0.1) is 0 Å². The molecule has 1 aliphatic heterocycles. The zero-order valence-electron chi connectivity index (χ0n) is 9.86. The van der Waals surface area contributed by atoms with Crippen molar-refractivity contribution in [3.05, 3.63) is 29.8 Å². The third kappa shape index (κ3) is 1.61. The molecule has 2 rings (SSSR count). The fourth-order valence-corrected chi connectivity index (χ4v) is 2.27. The van der Waals surface area contributed by atoms with E-state index in [4.69, 9.17) is 10.5 Å². The number of benzene rings is 1.